The van der Waals surface area contributed by atoms with E-state index in [1.54, 1.807) is 12.4 Å². The molecule has 0 fully saturated rings. The zero-order valence-corrected chi connectivity index (χ0v) is 15.1. The van der Waals surface area contributed by atoms with Gasteiger partial charge < -0.3 is 8.83 Å². The molecule has 4 aromatic rings. The van der Waals surface area contributed by atoms with E-state index >= 15 is 0 Å². The van der Waals surface area contributed by atoms with Crippen molar-refractivity contribution in [3.8, 4) is 22.5 Å². The molecule has 0 bridgehead atoms. The van der Waals surface area contributed by atoms with E-state index in [-0.39, 0.29) is 0 Å². The highest BCUT2D eigenvalue weighted by Gasteiger charge is 2.19. The average molecular weight is 343 g/mol. The smallest absolute Gasteiger partial charge is 0.138 e. The van der Waals surface area contributed by atoms with Gasteiger partial charge >= 0.3 is 0 Å². The maximum absolute atomic E-state index is 6.26. The molecular weight excluding hydrogens is 322 g/mol. The third-order valence-corrected chi connectivity index (χ3v) is 4.54. The SMILES string of the molecule is C=C(C)CCc1oc2cc(-c3ccncc3)ccc2c1-c1ccc(C)o1. The van der Waals surface area contributed by atoms with Crippen LogP contribution in [0.4, 0.5) is 0 Å². The number of aromatic nitrogens is 1. The first-order valence-corrected chi connectivity index (χ1v) is 8.79. The van der Waals surface area contributed by atoms with Gasteiger partial charge in [-0.15, -0.1) is 6.58 Å². The fourth-order valence-corrected chi connectivity index (χ4v) is 3.21. The largest absolute Gasteiger partial charge is 0.461 e. The first-order valence-electron chi connectivity index (χ1n) is 8.79. The molecule has 26 heavy (non-hydrogen) atoms. The van der Waals surface area contributed by atoms with E-state index in [2.05, 4.69) is 29.8 Å². The van der Waals surface area contributed by atoms with Crippen LogP contribution in [0.25, 0.3) is 33.4 Å². The van der Waals surface area contributed by atoms with Crippen LogP contribution in [0.15, 0.2) is 75.8 Å². The van der Waals surface area contributed by atoms with Gasteiger partial charge in [0.25, 0.3) is 0 Å². The molecule has 0 amide bonds. The average Bonchev–Trinajstić information content (AvgIpc) is 3.22. The maximum Gasteiger partial charge on any atom is 0.138 e. The van der Waals surface area contributed by atoms with E-state index in [1.807, 2.05) is 38.1 Å². The molecule has 0 saturated heterocycles. The molecule has 3 nitrogen and oxygen atoms in total. The monoisotopic (exact) mass is 343 g/mol. The number of hydrogen-bond donors (Lipinski definition) is 0. The summed E-state index contributed by atoms with van der Waals surface area (Å²) in [6.45, 7) is 8.02. The number of rotatable bonds is 5. The van der Waals surface area contributed by atoms with Gasteiger partial charge in [0.2, 0.25) is 0 Å². The number of benzene rings is 1. The molecule has 3 aromatic heterocycles. The second-order valence-electron chi connectivity index (χ2n) is 6.71. The zero-order chi connectivity index (χ0) is 18.1. The van der Waals surface area contributed by atoms with Crippen LogP contribution < -0.4 is 0 Å². The van der Waals surface area contributed by atoms with Crippen molar-refractivity contribution in [2.75, 3.05) is 0 Å². The van der Waals surface area contributed by atoms with Gasteiger partial charge in [0.05, 0.1) is 5.56 Å². The lowest BCUT2D eigenvalue weighted by Gasteiger charge is -2.01. The highest BCUT2D eigenvalue weighted by Crippen LogP contribution is 2.38. The summed E-state index contributed by atoms with van der Waals surface area (Å²) < 4.78 is 12.2. The van der Waals surface area contributed by atoms with E-state index in [4.69, 9.17) is 8.83 Å². The third-order valence-electron chi connectivity index (χ3n) is 4.54. The van der Waals surface area contributed by atoms with Crippen LogP contribution in [0.3, 0.4) is 0 Å². The fraction of sp³-hybridized carbons (Fsp3) is 0.174. The van der Waals surface area contributed by atoms with Gasteiger partial charge in [0.15, 0.2) is 0 Å². The van der Waals surface area contributed by atoms with E-state index in [9.17, 15) is 0 Å². The van der Waals surface area contributed by atoms with Crippen LogP contribution in [-0.2, 0) is 6.42 Å². The van der Waals surface area contributed by atoms with Crippen molar-refractivity contribution in [3.05, 3.63) is 78.5 Å². The van der Waals surface area contributed by atoms with Gasteiger partial charge in [0.1, 0.15) is 22.9 Å². The first-order chi connectivity index (χ1) is 12.6. The molecule has 0 atom stereocenters. The summed E-state index contributed by atoms with van der Waals surface area (Å²) in [4.78, 5) is 4.09. The normalized spacial score (nSPS) is 11.2. The number of pyridine rings is 1. The van der Waals surface area contributed by atoms with Crippen molar-refractivity contribution < 1.29 is 8.83 Å². The van der Waals surface area contributed by atoms with Crippen molar-refractivity contribution >= 4 is 11.0 Å². The predicted octanol–water partition coefficient (Wildman–Crippen LogP) is 6.57. The van der Waals surface area contributed by atoms with Crippen LogP contribution in [0.1, 0.15) is 24.9 Å². The van der Waals surface area contributed by atoms with Crippen LogP contribution in [0.2, 0.25) is 0 Å². The Hall–Kier alpha value is -3.07. The Morgan fingerprint density at radius 3 is 2.50 bits per heavy atom. The molecule has 0 spiro atoms. The Bertz CT molecular complexity index is 1070. The van der Waals surface area contributed by atoms with Crippen molar-refractivity contribution in [3.63, 3.8) is 0 Å². The summed E-state index contributed by atoms with van der Waals surface area (Å²) in [6.07, 6.45) is 5.31. The molecular formula is C23H21NO2. The molecule has 130 valence electrons. The number of fused-ring (bicyclic) bond motifs is 1. The number of allylic oxidation sites excluding steroid dienone is 1. The standard InChI is InChI=1S/C23H21NO2/c1-15(2)4-8-21-23(20-9-5-16(3)25-20)19-7-6-18(14-22(19)26-21)17-10-12-24-13-11-17/h5-7,9-14H,1,4,8H2,2-3H3. The third kappa shape index (κ3) is 3.08. The Morgan fingerprint density at radius 1 is 1.00 bits per heavy atom. The molecule has 0 radical (unpaired) electrons. The van der Waals surface area contributed by atoms with Crippen LogP contribution >= 0.6 is 0 Å². The molecule has 0 aliphatic carbocycles. The lowest BCUT2D eigenvalue weighted by atomic mass is 10.0. The Balaban J connectivity index is 1.86. The molecule has 0 saturated carbocycles. The molecule has 0 aliphatic rings. The minimum atomic E-state index is 0.809. The van der Waals surface area contributed by atoms with Crippen LogP contribution in [0, 0.1) is 6.92 Å². The van der Waals surface area contributed by atoms with Crippen molar-refractivity contribution in [2.45, 2.75) is 26.7 Å². The van der Waals surface area contributed by atoms with Gasteiger partial charge in [-0.1, -0.05) is 11.6 Å². The predicted molar refractivity (Wildman–Crippen MR) is 105 cm³/mol. The van der Waals surface area contributed by atoms with Crippen molar-refractivity contribution in [1.29, 1.82) is 0 Å². The summed E-state index contributed by atoms with van der Waals surface area (Å²) in [5.74, 6) is 2.70. The van der Waals surface area contributed by atoms with Crippen LogP contribution in [-0.4, -0.2) is 4.98 Å². The van der Waals surface area contributed by atoms with Gasteiger partial charge in [-0.3, -0.25) is 4.98 Å². The van der Waals surface area contributed by atoms with Crippen molar-refractivity contribution in [2.24, 2.45) is 0 Å². The fourth-order valence-electron chi connectivity index (χ4n) is 3.21. The summed E-state index contributed by atoms with van der Waals surface area (Å²) in [7, 11) is 0. The number of hydrogen-bond acceptors (Lipinski definition) is 3. The molecule has 0 aliphatic heterocycles. The summed E-state index contributed by atoms with van der Waals surface area (Å²) in [6, 6.07) is 14.3. The van der Waals surface area contributed by atoms with E-state index in [0.29, 0.717) is 0 Å². The van der Waals surface area contributed by atoms with Gasteiger partial charge in [-0.05, 0) is 67.8 Å². The number of furan rings is 2. The second-order valence-corrected chi connectivity index (χ2v) is 6.71. The van der Waals surface area contributed by atoms with E-state index < -0.39 is 0 Å². The Labute approximate surface area is 153 Å². The maximum atomic E-state index is 6.26. The molecule has 0 N–H and O–H groups in total. The second kappa shape index (κ2) is 6.68. The summed E-state index contributed by atoms with van der Waals surface area (Å²) in [5.41, 5.74) is 5.31. The Morgan fingerprint density at radius 2 is 1.81 bits per heavy atom. The lowest BCUT2D eigenvalue weighted by molar-refractivity contribution is 0.530. The van der Waals surface area contributed by atoms with E-state index in [0.717, 1.165) is 63.4 Å². The highest BCUT2D eigenvalue weighted by molar-refractivity contribution is 5.96. The molecule has 3 heterocycles. The minimum absolute atomic E-state index is 0.809. The summed E-state index contributed by atoms with van der Waals surface area (Å²) in [5, 5.41) is 1.08. The minimum Gasteiger partial charge on any atom is -0.461 e. The van der Waals surface area contributed by atoms with Crippen LogP contribution in [0.5, 0.6) is 0 Å². The molecule has 1 aromatic carbocycles. The summed E-state index contributed by atoms with van der Waals surface area (Å²) >= 11 is 0. The Kier molecular flexibility index (Phi) is 4.21. The molecule has 0 unspecified atom stereocenters. The topological polar surface area (TPSA) is 39.2 Å². The van der Waals surface area contributed by atoms with Crippen molar-refractivity contribution in [1.82, 2.24) is 4.98 Å². The molecule has 3 heteroatoms. The first kappa shape index (κ1) is 16.4. The molecule has 4 rings (SSSR count). The lowest BCUT2D eigenvalue weighted by Crippen LogP contribution is -1.86. The number of nitrogens with zero attached hydrogens (tertiary/aromatic N) is 1. The van der Waals surface area contributed by atoms with Gasteiger partial charge in [-0.25, -0.2) is 0 Å². The quantitative estimate of drug-likeness (QED) is 0.385. The number of aryl methyl sites for hydroxylation is 2. The van der Waals surface area contributed by atoms with Gasteiger partial charge in [0, 0.05) is 24.2 Å². The van der Waals surface area contributed by atoms with Gasteiger partial charge in [-0.2, -0.15) is 0 Å². The highest BCUT2D eigenvalue weighted by atomic mass is 16.4. The van der Waals surface area contributed by atoms with E-state index in [1.165, 1.54) is 0 Å². The zero-order valence-electron chi connectivity index (χ0n) is 15.1.